The Hall–Kier alpha value is -1.83. The molecule has 0 saturated heterocycles. The minimum Gasteiger partial charge on any atom is -0.462 e. The van der Waals surface area contributed by atoms with Crippen LogP contribution in [0.15, 0.2) is 48.1 Å². The Bertz CT molecular complexity index is 416. The summed E-state index contributed by atoms with van der Waals surface area (Å²) in [5, 5.41) is 0. The summed E-state index contributed by atoms with van der Waals surface area (Å²) in [4.78, 5) is 11.7. The molecule has 0 aliphatic heterocycles. The van der Waals surface area contributed by atoms with Crippen LogP contribution < -0.4 is 0 Å². The number of ether oxygens (including phenoxy) is 1. The first-order chi connectivity index (χ1) is 8.77. The Balaban J connectivity index is 2.57. The molecule has 96 valence electrons. The van der Waals surface area contributed by atoms with Crippen molar-refractivity contribution >= 4 is 12.0 Å². The SMILES string of the molecule is CC=C(C=Cc1ccccc1)C(=O)OCCCC. The zero-order chi connectivity index (χ0) is 13.2. The molecule has 1 aromatic rings. The molecule has 0 fully saturated rings. The van der Waals surface area contributed by atoms with E-state index < -0.39 is 0 Å². The predicted octanol–water partition coefficient (Wildman–Crippen LogP) is 3.99. The van der Waals surface area contributed by atoms with Gasteiger partial charge in [0.15, 0.2) is 0 Å². The normalized spacial score (nSPS) is 11.8. The zero-order valence-electron chi connectivity index (χ0n) is 11.1. The Labute approximate surface area is 109 Å². The van der Waals surface area contributed by atoms with E-state index in [1.165, 1.54) is 0 Å². The summed E-state index contributed by atoms with van der Waals surface area (Å²) >= 11 is 0. The molecule has 1 rings (SSSR count). The third-order valence-electron chi connectivity index (χ3n) is 2.53. The number of allylic oxidation sites excluding steroid dienone is 1. The Morgan fingerprint density at radius 2 is 2.00 bits per heavy atom. The highest BCUT2D eigenvalue weighted by Crippen LogP contribution is 2.07. The minimum absolute atomic E-state index is 0.252. The molecule has 0 aliphatic rings. The standard InChI is InChI=1S/C16H20O2/c1-3-5-13-18-16(17)15(4-2)12-11-14-9-7-6-8-10-14/h4,6-12H,3,5,13H2,1-2H3. The van der Waals surface area contributed by atoms with Gasteiger partial charge in [-0.3, -0.25) is 0 Å². The fourth-order valence-electron chi connectivity index (χ4n) is 1.42. The number of rotatable bonds is 6. The van der Waals surface area contributed by atoms with Gasteiger partial charge in [-0.25, -0.2) is 4.79 Å². The van der Waals surface area contributed by atoms with Crippen molar-refractivity contribution in [1.82, 2.24) is 0 Å². The monoisotopic (exact) mass is 244 g/mol. The van der Waals surface area contributed by atoms with Crippen LogP contribution in [0, 0.1) is 0 Å². The van der Waals surface area contributed by atoms with Gasteiger partial charge in [0.25, 0.3) is 0 Å². The van der Waals surface area contributed by atoms with Gasteiger partial charge in [-0.15, -0.1) is 0 Å². The second-order valence-electron chi connectivity index (χ2n) is 3.98. The summed E-state index contributed by atoms with van der Waals surface area (Å²) in [6.07, 6.45) is 7.41. The van der Waals surface area contributed by atoms with Gasteiger partial charge in [0, 0.05) is 0 Å². The van der Waals surface area contributed by atoms with Crippen LogP contribution in [-0.2, 0) is 9.53 Å². The molecular weight excluding hydrogens is 224 g/mol. The topological polar surface area (TPSA) is 26.3 Å². The van der Waals surface area contributed by atoms with Crippen LogP contribution in [-0.4, -0.2) is 12.6 Å². The number of carbonyl (C=O) groups excluding carboxylic acids is 1. The number of hydrogen-bond donors (Lipinski definition) is 0. The van der Waals surface area contributed by atoms with Gasteiger partial charge >= 0.3 is 5.97 Å². The van der Waals surface area contributed by atoms with Crippen LogP contribution >= 0.6 is 0 Å². The number of benzene rings is 1. The molecule has 0 spiro atoms. The molecule has 2 nitrogen and oxygen atoms in total. The lowest BCUT2D eigenvalue weighted by molar-refractivity contribution is -0.138. The van der Waals surface area contributed by atoms with Crippen molar-refractivity contribution in [2.24, 2.45) is 0 Å². The average molecular weight is 244 g/mol. The molecule has 0 aliphatic carbocycles. The van der Waals surface area contributed by atoms with Crippen molar-refractivity contribution in [3.05, 3.63) is 53.6 Å². The van der Waals surface area contributed by atoms with E-state index in [0.29, 0.717) is 12.2 Å². The highest BCUT2D eigenvalue weighted by molar-refractivity contribution is 5.92. The van der Waals surface area contributed by atoms with Crippen molar-refractivity contribution in [1.29, 1.82) is 0 Å². The molecule has 1 aromatic carbocycles. The van der Waals surface area contributed by atoms with E-state index >= 15 is 0 Å². The van der Waals surface area contributed by atoms with Gasteiger partial charge in [0.2, 0.25) is 0 Å². The van der Waals surface area contributed by atoms with Crippen LogP contribution in [0.2, 0.25) is 0 Å². The molecule has 0 aromatic heterocycles. The van der Waals surface area contributed by atoms with Crippen molar-refractivity contribution in [2.75, 3.05) is 6.61 Å². The van der Waals surface area contributed by atoms with Gasteiger partial charge in [0.05, 0.1) is 12.2 Å². The summed E-state index contributed by atoms with van der Waals surface area (Å²) < 4.78 is 5.17. The summed E-state index contributed by atoms with van der Waals surface area (Å²) in [6, 6.07) is 9.88. The minimum atomic E-state index is -0.252. The second kappa shape index (κ2) is 8.29. The lowest BCUT2D eigenvalue weighted by atomic mass is 10.1. The van der Waals surface area contributed by atoms with E-state index in [9.17, 15) is 4.79 Å². The summed E-state index contributed by atoms with van der Waals surface area (Å²) in [7, 11) is 0. The number of unbranched alkanes of at least 4 members (excludes halogenated alkanes) is 1. The van der Waals surface area contributed by atoms with E-state index in [2.05, 4.69) is 6.92 Å². The second-order valence-corrected chi connectivity index (χ2v) is 3.98. The first kappa shape index (κ1) is 14.2. The molecule has 0 atom stereocenters. The van der Waals surface area contributed by atoms with E-state index in [-0.39, 0.29) is 5.97 Å². The van der Waals surface area contributed by atoms with Gasteiger partial charge in [-0.05, 0) is 25.0 Å². The predicted molar refractivity (Wildman–Crippen MR) is 75.1 cm³/mol. The highest BCUT2D eigenvalue weighted by atomic mass is 16.5. The molecule has 0 N–H and O–H groups in total. The third kappa shape index (κ3) is 5.00. The van der Waals surface area contributed by atoms with Crippen molar-refractivity contribution in [2.45, 2.75) is 26.7 Å². The van der Waals surface area contributed by atoms with Crippen LogP contribution in [0.4, 0.5) is 0 Å². The number of esters is 1. The smallest absolute Gasteiger partial charge is 0.337 e. The molecule has 2 heteroatoms. The van der Waals surface area contributed by atoms with Crippen LogP contribution in [0.25, 0.3) is 6.08 Å². The maximum atomic E-state index is 11.7. The van der Waals surface area contributed by atoms with E-state index in [0.717, 1.165) is 18.4 Å². The largest absolute Gasteiger partial charge is 0.462 e. The Morgan fingerprint density at radius 3 is 2.61 bits per heavy atom. The quantitative estimate of drug-likeness (QED) is 0.327. The third-order valence-corrected chi connectivity index (χ3v) is 2.53. The van der Waals surface area contributed by atoms with E-state index in [4.69, 9.17) is 4.74 Å². The molecule has 0 saturated carbocycles. The van der Waals surface area contributed by atoms with Gasteiger partial charge < -0.3 is 4.74 Å². The molecule has 0 radical (unpaired) electrons. The number of carbonyl (C=O) groups is 1. The molecule has 18 heavy (non-hydrogen) atoms. The molecule has 0 amide bonds. The Morgan fingerprint density at radius 1 is 1.28 bits per heavy atom. The van der Waals surface area contributed by atoms with Crippen molar-refractivity contribution in [3.63, 3.8) is 0 Å². The first-order valence-electron chi connectivity index (χ1n) is 6.34. The van der Waals surface area contributed by atoms with Crippen molar-refractivity contribution in [3.8, 4) is 0 Å². The highest BCUT2D eigenvalue weighted by Gasteiger charge is 2.05. The fourth-order valence-corrected chi connectivity index (χ4v) is 1.42. The molecular formula is C16H20O2. The Kier molecular flexibility index (Phi) is 6.55. The van der Waals surface area contributed by atoms with Crippen molar-refractivity contribution < 1.29 is 9.53 Å². The number of hydrogen-bond acceptors (Lipinski definition) is 2. The lowest BCUT2D eigenvalue weighted by Gasteiger charge is -2.03. The summed E-state index contributed by atoms with van der Waals surface area (Å²) in [6.45, 7) is 4.40. The molecule has 0 bridgehead atoms. The van der Waals surface area contributed by atoms with Crippen LogP contribution in [0.1, 0.15) is 32.3 Å². The van der Waals surface area contributed by atoms with Gasteiger partial charge in [-0.2, -0.15) is 0 Å². The fraction of sp³-hybridized carbons (Fsp3) is 0.312. The van der Waals surface area contributed by atoms with E-state index in [1.54, 1.807) is 12.2 Å². The molecule has 0 unspecified atom stereocenters. The summed E-state index contributed by atoms with van der Waals surface area (Å²) in [5.74, 6) is -0.252. The zero-order valence-corrected chi connectivity index (χ0v) is 11.1. The maximum absolute atomic E-state index is 11.7. The lowest BCUT2D eigenvalue weighted by Crippen LogP contribution is -2.07. The van der Waals surface area contributed by atoms with Gasteiger partial charge in [0.1, 0.15) is 0 Å². The maximum Gasteiger partial charge on any atom is 0.337 e. The summed E-state index contributed by atoms with van der Waals surface area (Å²) in [5.41, 5.74) is 1.66. The van der Waals surface area contributed by atoms with Crippen LogP contribution in [0.5, 0.6) is 0 Å². The molecule has 0 heterocycles. The van der Waals surface area contributed by atoms with E-state index in [1.807, 2.05) is 43.3 Å². The first-order valence-corrected chi connectivity index (χ1v) is 6.34. The van der Waals surface area contributed by atoms with Crippen LogP contribution in [0.3, 0.4) is 0 Å². The average Bonchev–Trinajstić information content (AvgIpc) is 2.41. The van der Waals surface area contributed by atoms with Gasteiger partial charge in [-0.1, -0.05) is 55.8 Å².